The van der Waals surface area contributed by atoms with Gasteiger partial charge >= 0.3 is 0 Å². The number of hydrogen-bond donors (Lipinski definition) is 0. The van der Waals surface area contributed by atoms with Gasteiger partial charge in [-0.05, 0) is 18.2 Å². The normalized spacial score (nSPS) is 10.5. The molecule has 0 N–H and O–H groups in total. The monoisotopic (exact) mass is 254 g/mol. The molecule has 3 heteroatoms. The third-order valence-corrected chi connectivity index (χ3v) is 3.15. The lowest BCUT2D eigenvalue weighted by Crippen LogP contribution is -1.97. The second kappa shape index (κ2) is 4.67. The molecule has 0 fully saturated rings. The molecule has 2 aromatic carbocycles. The van der Waals surface area contributed by atoms with E-state index in [4.69, 9.17) is 11.6 Å². The fourth-order valence-electron chi connectivity index (χ4n) is 1.99. The van der Waals surface area contributed by atoms with E-state index in [1.54, 1.807) is 6.20 Å². The van der Waals surface area contributed by atoms with Crippen LogP contribution < -0.4 is 0 Å². The summed E-state index contributed by atoms with van der Waals surface area (Å²) in [5.74, 6) is 0. The van der Waals surface area contributed by atoms with Crippen LogP contribution in [0.2, 0.25) is 5.02 Å². The zero-order valence-corrected chi connectivity index (χ0v) is 10.4. The molecule has 88 valence electrons. The zero-order valence-electron chi connectivity index (χ0n) is 9.62. The lowest BCUT2D eigenvalue weighted by atomic mass is 10.0. The van der Waals surface area contributed by atoms with Gasteiger partial charge in [0.1, 0.15) is 0 Å². The number of aromatic nitrogens is 2. The highest BCUT2D eigenvalue weighted by Crippen LogP contribution is 2.31. The average molecular weight is 255 g/mol. The molecule has 0 unspecified atom stereocenters. The van der Waals surface area contributed by atoms with Crippen molar-refractivity contribution >= 4 is 11.6 Å². The number of hydrogen-bond acceptors (Lipinski definition) is 1. The summed E-state index contributed by atoms with van der Waals surface area (Å²) in [6.45, 7) is 0. The third kappa shape index (κ3) is 1.91. The summed E-state index contributed by atoms with van der Waals surface area (Å²) in [7, 11) is 0. The van der Waals surface area contributed by atoms with E-state index >= 15 is 0 Å². The standard InChI is InChI=1S/C15H11ClN2/c16-14-8-3-1-6-12(14)13-7-2-4-9-15(13)18-11-5-10-17-18/h1-11H. The molecule has 3 aromatic rings. The fraction of sp³-hybridized carbons (Fsp3) is 0. The van der Waals surface area contributed by atoms with E-state index in [1.165, 1.54) is 0 Å². The first kappa shape index (κ1) is 11.1. The van der Waals surface area contributed by atoms with E-state index in [9.17, 15) is 0 Å². The Morgan fingerprint density at radius 1 is 0.833 bits per heavy atom. The summed E-state index contributed by atoms with van der Waals surface area (Å²) in [6, 6.07) is 17.8. The van der Waals surface area contributed by atoms with E-state index in [1.807, 2.05) is 59.4 Å². The first-order valence-corrected chi connectivity index (χ1v) is 6.08. The van der Waals surface area contributed by atoms with Gasteiger partial charge in [0.05, 0.1) is 5.69 Å². The van der Waals surface area contributed by atoms with Crippen molar-refractivity contribution < 1.29 is 0 Å². The lowest BCUT2D eigenvalue weighted by molar-refractivity contribution is 0.882. The molecule has 0 atom stereocenters. The third-order valence-electron chi connectivity index (χ3n) is 2.82. The van der Waals surface area contributed by atoms with Crippen LogP contribution in [0.25, 0.3) is 16.8 Å². The minimum Gasteiger partial charge on any atom is -0.240 e. The predicted molar refractivity (Wildman–Crippen MR) is 74.0 cm³/mol. The van der Waals surface area contributed by atoms with Crippen LogP contribution in [0.4, 0.5) is 0 Å². The maximum absolute atomic E-state index is 6.26. The van der Waals surface area contributed by atoms with Crippen molar-refractivity contribution in [2.24, 2.45) is 0 Å². The number of halogens is 1. The van der Waals surface area contributed by atoms with Crippen molar-refractivity contribution in [1.29, 1.82) is 0 Å². The molecule has 0 bridgehead atoms. The van der Waals surface area contributed by atoms with Crippen LogP contribution >= 0.6 is 11.6 Å². The second-order valence-electron chi connectivity index (χ2n) is 3.95. The molecule has 0 amide bonds. The molecule has 0 saturated heterocycles. The number of rotatable bonds is 2. The van der Waals surface area contributed by atoms with E-state index in [2.05, 4.69) is 11.2 Å². The second-order valence-corrected chi connectivity index (χ2v) is 4.35. The largest absolute Gasteiger partial charge is 0.240 e. The van der Waals surface area contributed by atoms with Crippen molar-refractivity contribution in [1.82, 2.24) is 9.78 Å². The van der Waals surface area contributed by atoms with Crippen LogP contribution in [0.3, 0.4) is 0 Å². The van der Waals surface area contributed by atoms with Crippen molar-refractivity contribution in [2.75, 3.05) is 0 Å². The Morgan fingerprint density at radius 2 is 1.56 bits per heavy atom. The number of nitrogens with zero attached hydrogens (tertiary/aromatic N) is 2. The maximum atomic E-state index is 6.26. The fourth-order valence-corrected chi connectivity index (χ4v) is 2.23. The highest BCUT2D eigenvalue weighted by molar-refractivity contribution is 6.33. The van der Waals surface area contributed by atoms with Crippen molar-refractivity contribution in [3.05, 3.63) is 72.0 Å². The smallest absolute Gasteiger partial charge is 0.0724 e. The molecule has 0 saturated carbocycles. The van der Waals surface area contributed by atoms with Crippen LogP contribution in [0, 0.1) is 0 Å². The van der Waals surface area contributed by atoms with E-state index in [0.29, 0.717) is 0 Å². The van der Waals surface area contributed by atoms with Crippen LogP contribution in [-0.2, 0) is 0 Å². The molecule has 0 aliphatic heterocycles. The van der Waals surface area contributed by atoms with E-state index < -0.39 is 0 Å². The molecule has 1 heterocycles. The Hall–Kier alpha value is -2.06. The molecule has 3 rings (SSSR count). The minimum absolute atomic E-state index is 0.747. The predicted octanol–water partition coefficient (Wildman–Crippen LogP) is 4.19. The van der Waals surface area contributed by atoms with Gasteiger partial charge < -0.3 is 0 Å². The van der Waals surface area contributed by atoms with Crippen LogP contribution in [0.15, 0.2) is 67.0 Å². The van der Waals surface area contributed by atoms with Crippen molar-refractivity contribution in [3.63, 3.8) is 0 Å². The summed E-state index contributed by atoms with van der Waals surface area (Å²) < 4.78 is 1.85. The molecule has 0 aliphatic carbocycles. The molecule has 18 heavy (non-hydrogen) atoms. The summed E-state index contributed by atoms with van der Waals surface area (Å²) in [4.78, 5) is 0. The topological polar surface area (TPSA) is 17.8 Å². The van der Waals surface area contributed by atoms with Gasteiger partial charge in [-0.2, -0.15) is 5.10 Å². The summed E-state index contributed by atoms with van der Waals surface area (Å²) >= 11 is 6.26. The summed E-state index contributed by atoms with van der Waals surface area (Å²) in [6.07, 6.45) is 3.69. The van der Waals surface area contributed by atoms with Gasteiger partial charge in [0.15, 0.2) is 0 Å². The maximum Gasteiger partial charge on any atom is 0.0724 e. The van der Waals surface area contributed by atoms with Crippen molar-refractivity contribution in [2.45, 2.75) is 0 Å². The van der Waals surface area contributed by atoms with E-state index in [0.717, 1.165) is 21.8 Å². The molecular weight excluding hydrogens is 244 g/mol. The Kier molecular flexibility index (Phi) is 2.87. The van der Waals surface area contributed by atoms with Gasteiger partial charge in [-0.25, -0.2) is 4.68 Å². The lowest BCUT2D eigenvalue weighted by Gasteiger charge is -2.10. The van der Waals surface area contributed by atoms with Gasteiger partial charge in [0, 0.05) is 28.5 Å². The molecular formula is C15H11ClN2. The Morgan fingerprint density at radius 3 is 2.28 bits per heavy atom. The number of para-hydroxylation sites is 1. The minimum atomic E-state index is 0.747. The van der Waals surface area contributed by atoms with Gasteiger partial charge in [0.2, 0.25) is 0 Å². The van der Waals surface area contributed by atoms with E-state index in [-0.39, 0.29) is 0 Å². The Bertz CT molecular complexity index is 660. The summed E-state index contributed by atoms with van der Waals surface area (Å²) in [5.41, 5.74) is 3.12. The molecule has 1 aromatic heterocycles. The zero-order chi connectivity index (χ0) is 12.4. The first-order valence-electron chi connectivity index (χ1n) is 5.70. The first-order chi connectivity index (χ1) is 8.86. The molecule has 0 radical (unpaired) electrons. The SMILES string of the molecule is Clc1ccccc1-c1ccccc1-n1cccn1. The van der Waals surface area contributed by atoms with Crippen LogP contribution in [0.5, 0.6) is 0 Å². The highest BCUT2D eigenvalue weighted by atomic mass is 35.5. The quantitative estimate of drug-likeness (QED) is 0.670. The van der Waals surface area contributed by atoms with Crippen LogP contribution in [0.1, 0.15) is 0 Å². The Balaban J connectivity index is 2.22. The van der Waals surface area contributed by atoms with Crippen LogP contribution in [-0.4, -0.2) is 9.78 Å². The Labute approximate surface area is 110 Å². The van der Waals surface area contributed by atoms with Crippen molar-refractivity contribution in [3.8, 4) is 16.8 Å². The van der Waals surface area contributed by atoms with Gasteiger partial charge in [-0.15, -0.1) is 0 Å². The van der Waals surface area contributed by atoms with Gasteiger partial charge in [-0.3, -0.25) is 0 Å². The number of benzene rings is 2. The molecule has 2 nitrogen and oxygen atoms in total. The van der Waals surface area contributed by atoms with Gasteiger partial charge in [0.25, 0.3) is 0 Å². The van der Waals surface area contributed by atoms with Gasteiger partial charge in [-0.1, -0.05) is 48.0 Å². The summed E-state index contributed by atoms with van der Waals surface area (Å²) in [5, 5.41) is 5.02. The average Bonchev–Trinajstić information content (AvgIpc) is 2.93. The highest BCUT2D eigenvalue weighted by Gasteiger charge is 2.08. The molecule has 0 aliphatic rings. The molecule has 0 spiro atoms.